The van der Waals surface area contributed by atoms with E-state index >= 15 is 0 Å². The molecule has 0 amide bonds. The van der Waals surface area contributed by atoms with Crippen LogP contribution in [0.4, 0.5) is 0 Å². The van der Waals surface area contributed by atoms with Gasteiger partial charge in [-0.3, -0.25) is 0 Å². The Morgan fingerprint density at radius 2 is 1.76 bits per heavy atom. The van der Waals surface area contributed by atoms with Gasteiger partial charge in [0.25, 0.3) is 0 Å². The molecule has 4 rings (SSSR count). The maximum absolute atomic E-state index is 6.22. The third-order valence-corrected chi connectivity index (χ3v) is 4.71. The van der Waals surface area contributed by atoms with Gasteiger partial charge in [-0.15, -0.1) is 0 Å². The summed E-state index contributed by atoms with van der Waals surface area (Å²) in [5.41, 5.74) is 1.12. The normalized spacial score (nSPS) is 38.3. The maximum atomic E-state index is 6.22. The first-order chi connectivity index (χ1) is 11.8. The summed E-state index contributed by atoms with van der Waals surface area (Å²) in [7, 11) is 0. The molecule has 6 nitrogen and oxygen atoms in total. The van der Waals surface area contributed by atoms with Crippen molar-refractivity contribution in [3.8, 4) is 0 Å². The first kappa shape index (κ1) is 17.4. The van der Waals surface area contributed by atoms with E-state index in [1.165, 1.54) is 0 Å². The predicted octanol–water partition coefficient (Wildman–Crippen LogP) is 2.60. The molecule has 0 saturated carbocycles. The van der Waals surface area contributed by atoms with E-state index in [2.05, 4.69) is 0 Å². The topological polar surface area (TPSA) is 55.4 Å². The summed E-state index contributed by atoms with van der Waals surface area (Å²) < 4.78 is 36.1. The van der Waals surface area contributed by atoms with E-state index < -0.39 is 17.4 Å². The summed E-state index contributed by atoms with van der Waals surface area (Å²) in [6, 6.07) is 10.1. The minimum absolute atomic E-state index is 0.247. The van der Waals surface area contributed by atoms with Crippen molar-refractivity contribution in [2.45, 2.75) is 70.0 Å². The van der Waals surface area contributed by atoms with E-state index in [9.17, 15) is 0 Å². The highest BCUT2D eigenvalue weighted by atomic mass is 16.9. The van der Waals surface area contributed by atoms with Gasteiger partial charge in [0.1, 0.15) is 24.9 Å². The molecule has 138 valence electrons. The Morgan fingerprint density at radius 3 is 2.44 bits per heavy atom. The highest BCUT2D eigenvalue weighted by Crippen LogP contribution is 2.49. The van der Waals surface area contributed by atoms with Crippen LogP contribution in [0.1, 0.15) is 33.3 Å². The van der Waals surface area contributed by atoms with E-state index in [-0.39, 0.29) is 18.3 Å². The average Bonchev–Trinajstić information content (AvgIpc) is 3.12. The standard InChI is InChI=1S/C19H26O6/c1-17(2)21-12-19(25-17)16-15(23-18(3,4)24-16)14(22-19)11-20-10-13-8-6-5-7-9-13/h5-9,14-16H,10-12H2,1-4H3/t14-,15-,16-,19?/m0/s1. The van der Waals surface area contributed by atoms with E-state index in [0.717, 1.165) is 5.56 Å². The van der Waals surface area contributed by atoms with Gasteiger partial charge in [0.15, 0.2) is 11.6 Å². The van der Waals surface area contributed by atoms with Crippen molar-refractivity contribution in [2.24, 2.45) is 0 Å². The molecule has 0 N–H and O–H groups in total. The van der Waals surface area contributed by atoms with Crippen molar-refractivity contribution < 1.29 is 28.4 Å². The summed E-state index contributed by atoms with van der Waals surface area (Å²) in [6.45, 7) is 8.80. The van der Waals surface area contributed by atoms with E-state index in [1.54, 1.807) is 0 Å². The Kier molecular flexibility index (Phi) is 4.18. The van der Waals surface area contributed by atoms with Crippen LogP contribution in [0.2, 0.25) is 0 Å². The zero-order valence-corrected chi connectivity index (χ0v) is 15.2. The summed E-state index contributed by atoms with van der Waals surface area (Å²) in [6.07, 6.45) is -0.856. The quantitative estimate of drug-likeness (QED) is 0.832. The number of hydrogen-bond acceptors (Lipinski definition) is 6. The van der Waals surface area contributed by atoms with Gasteiger partial charge in [-0.25, -0.2) is 0 Å². The molecule has 1 spiro atoms. The zero-order valence-electron chi connectivity index (χ0n) is 15.2. The van der Waals surface area contributed by atoms with Crippen LogP contribution in [0.25, 0.3) is 0 Å². The molecule has 6 heteroatoms. The number of fused-ring (bicyclic) bond motifs is 2. The summed E-state index contributed by atoms with van der Waals surface area (Å²) in [5.74, 6) is -2.33. The second-order valence-electron chi connectivity index (χ2n) is 7.78. The van der Waals surface area contributed by atoms with Crippen molar-refractivity contribution in [2.75, 3.05) is 13.2 Å². The van der Waals surface area contributed by atoms with Crippen LogP contribution in [0.5, 0.6) is 0 Å². The van der Waals surface area contributed by atoms with Crippen LogP contribution >= 0.6 is 0 Å². The second-order valence-corrected chi connectivity index (χ2v) is 7.78. The largest absolute Gasteiger partial charge is 0.374 e. The number of hydrogen-bond donors (Lipinski definition) is 0. The fourth-order valence-electron chi connectivity index (χ4n) is 3.74. The highest BCUT2D eigenvalue weighted by molar-refractivity contribution is 5.13. The fourth-order valence-corrected chi connectivity index (χ4v) is 3.74. The summed E-state index contributed by atoms with van der Waals surface area (Å²) in [5, 5.41) is 0. The van der Waals surface area contributed by atoms with E-state index in [4.69, 9.17) is 28.4 Å². The third kappa shape index (κ3) is 3.35. The molecule has 0 bridgehead atoms. The van der Waals surface area contributed by atoms with E-state index in [0.29, 0.717) is 19.8 Å². The van der Waals surface area contributed by atoms with Crippen LogP contribution in [-0.4, -0.2) is 48.9 Å². The van der Waals surface area contributed by atoms with Crippen LogP contribution in [-0.2, 0) is 35.0 Å². The Hall–Kier alpha value is -1.02. The minimum atomic E-state index is -0.942. The SMILES string of the molecule is CC1(C)O[C@H]2[C@H](COCc3ccccc3)OC3(COC(C)(C)O3)[C@H]2O1. The monoisotopic (exact) mass is 350 g/mol. The van der Waals surface area contributed by atoms with Gasteiger partial charge >= 0.3 is 0 Å². The maximum Gasteiger partial charge on any atom is 0.224 e. The zero-order chi connectivity index (χ0) is 17.7. The Balaban J connectivity index is 1.45. The smallest absolute Gasteiger partial charge is 0.224 e. The molecule has 4 atom stereocenters. The van der Waals surface area contributed by atoms with Gasteiger partial charge in [-0.05, 0) is 33.3 Å². The molecule has 1 aromatic rings. The lowest BCUT2D eigenvalue weighted by Crippen LogP contribution is -2.46. The Bertz CT molecular complexity index is 616. The number of rotatable bonds is 4. The molecule has 0 aliphatic carbocycles. The molecule has 0 aromatic heterocycles. The molecule has 0 radical (unpaired) electrons. The van der Waals surface area contributed by atoms with Crippen LogP contribution in [0, 0.1) is 0 Å². The van der Waals surface area contributed by atoms with Gasteiger partial charge in [-0.2, -0.15) is 0 Å². The number of ether oxygens (including phenoxy) is 6. The fraction of sp³-hybridized carbons (Fsp3) is 0.684. The molecule has 3 fully saturated rings. The molecule has 3 aliphatic heterocycles. The third-order valence-electron chi connectivity index (χ3n) is 4.71. The first-order valence-corrected chi connectivity index (χ1v) is 8.78. The minimum Gasteiger partial charge on any atom is -0.374 e. The van der Waals surface area contributed by atoms with Crippen LogP contribution < -0.4 is 0 Å². The molecule has 3 aliphatic rings. The molecular weight excluding hydrogens is 324 g/mol. The van der Waals surface area contributed by atoms with Gasteiger partial charge in [0.2, 0.25) is 5.79 Å². The lowest BCUT2D eigenvalue weighted by Gasteiger charge is -2.30. The van der Waals surface area contributed by atoms with Gasteiger partial charge < -0.3 is 28.4 Å². The summed E-state index contributed by atoms with van der Waals surface area (Å²) in [4.78, 5) is 0. The van der Waals surface area contributed by atoms with Crippen LogP contribution in [0.15, 0.2) is 30.3 Å². The van der Waals surface area contributed by atoms with E-state index in [1.807, 2.05) is 58.0 Å². The molecule has 1 unspecified atom stereocenters. The van der Waals surface area contributed by atoms with Crippen molar-refractivity contribution >= 4 is 0 Å². The average molecular weight is 350 g/mol. The van der Waals surface area contributed by atoms with Gasteiger partial charge in [0, 0.05) is 0 Å². The van der Waals surface area contributed by atoms with Gasteiger partial charge in [0.05, 0.1) is 13.2 Å². The lowest BCUT2D eigenvalue weighted by atomic mass is 10.1. The molecular formula is C19H26O6. The molecule has 1 aromatic carbocycles. The van der Waals surface area contributed by atoms with Crippen molar-refractivity contribution in [3.05, 3.63) is 35.9 Å². The lowest BCUT2D eigenvalue weighted by molar-refractivity contribution is -0.299. The second kappa shape index (κ2) is 6.01. The van der Waals surface area contributed by atoms with Crippen LogP contribution in [0.3, 0.4) is 0 Å². The Labute approximate surface area is 148 Å². The molecule has 3 saturated heterocycles. The first-order valence-electron chi connectivity index (χ1n) is 8.78. The summed E-state index contributed by atoms with van der Waals surface area (Å²) >= 11 is 0. The Morgan fingerprint density at radius 1 is 1.00 bits per heavy atom. The van der Waals surface area contributed by atoms with Crippen molar-refractivity contribution in [1.29, 1.82) is 0 Å². The van der Waals surface area contributed by atoms with Gasteiger partial charge in [-0.1, -0.05) is 30.3 Å². The number of benzene rings is 1. The predicted molar refractivity (Wildman–Crippen MR) is 88.6 cm³/mol. The van der Waals surface area contributed by atoms with Crippen molar-refractivity contribution in [3.63, 3.8) is 0 Å². The molecule has 3 heterocycles. The highest BCUT2D eigenvalue weighted by Gasteiger charge is 2.67. The van der Waals surface area contributed by atoms with Crippen molar-refractivity contribution in [1.82, 2.24) is 0 Å². The molecule has 25 heavy (non-hydrogen) atoms.